The number of nitrogens with one attached hydrogen (secondary N) is 1. The minimum atomic E-state index is 0.308. The van der Waals surface area contributed by atoms with Crippen molar-refractivity contribution in [2.24, 2.45) is 5.92 Å². The molecule has 0 bridgehead atoms. The number of piperidine rings is 1. The highest BCUT2D eigenvalue weighted by atomic mass is 35.5. The first-order valence-corrected chi connectivity index (χ1v) is 5.65. The number of benzene rings is 1. The van der Waals surface area contributed by atoms with Gasteiger partial charge in [-0.1, -0.05) is 35.3 Å². The van der Waals surface area contributed by atoms with E-state index < -0.39 is 0 Å². The van der Waals surface area contributed by atoms with Crippen LogP contribution < -0.4 is 5.32 Å². The van der Waals surface area contributed by atoms with Crippen LogP contribution in [0.3, 0.4) is 0 Å². The molecule has 0 amide bonds. The maximum atomic E-state index is 6.23. The van der Waals surface area contributed by atoms with Crippen LogP contribution in [0.1, 0.15) is 12.0 Å². The maximum Gasteiger partial charge on any atom is 0.0630 e. The Bertz CT molecular complexity index is 391. The van der Waals surface area contributed by atoms with Gasteiger partial charge in [-0.05, 0) is 30.5 Å². The van der Waals surface area contributed by atoms with Gasteiger partial charge in [-0.2, -0.15) is 0 Å². The summed E-state index contributed by atoms with van der Waals surface area (Å²) < 4.78 is 0. The lowest BCUT2D eigenvalue weighted by atomic mass is 9.95. The van der Waals surface area contributed by atoms with E-state index in [2.05, 4.69) is 11.4 Å². The Morgan fingerprint density at radius 3 is 2.86 bits per heavy atom. The third-order valence-electron chi connectivity index (χ3n) is 3.55. The van der Waals surface area contributed by atoms with Crippen LogP contribution in [0.15, 0.2) is 18.2 Å². The Labute approximate surface area is 93.4 Å². The molecule has 1 aromatic rings. The summed E-state index contributed by atoms with van der Waals surface area (Å²) in [6.45, 7) is 2.18. The van der Waals surface area contributed by atoms with Gasteiger partial charge in [-0.3, -0.25) is 0 Å². The molecule has 1 aromatic carbocycles. The van der Waals surface area contributed by atoms with Crippen molar-refractivity contribution >= 4 is 23.2 Å². The molecule has 0 radical (unpaired) electrons. The quantitative estimate of drug-likeness (QED) is 0.779. The van der Waals surface area contributed by atoms with Crippen LogP contribution in [0.2, 0.25) is 10.0 Å². The summed E-state index contributed by atoms with van der Waals surface area (Å²) >= 11 is 12.3. The fourth-order valence-corrected chi connectivity index (χ4v) is 3.14. The van der Waals surface area contributed by atoms with Gasteiger partial charge < -0.3 is 5.32 Å². The van der Waals surface area contributed by atoms with Gasteiger partial charge in [0.1, 0.15) is 0 Å². The van der Waals surface area contributed by atoms with Crippen molar-refractivity contribution in [2.45, 2.75) is 11.8 Å². The summed E-state index contributed by atoms with van der Waals surface area (Å²) in [5.41, 5.74) is 1.55. The van der Waals surface area contributed by atoms with Gasteiger partial charge >= 0.3 is 0 Å². The molecule has 1 N–H and O–H groups in total. The van der Waals surface area contributed by atoms with Crippen molar-refractivity contribution in [1.82, 2.24) is 5.32 Å². The molecule has 0 aromatic heterocycles. The second-order valence-electron chi connectivity index (χ2n) is 4.29. The van der Waals surface area contributed by atoms with Gasteiger partial charge in [-0.25, -0.2) is 0 Å². The first-order chi connectivity index (χ1) is 6.74. The second kappa shape index (κ2) is 2.88. The molecule has 1 heterocycles. The summed E-state index contributed by atoms with van der Waals surface area (Å²) in [5, 5.41) is 4.83. The molecule has 3 rings (SSSR count). The van der Waals surface area contributed by atoms with Crippen molar-refractivity contribution in [3.63, 3.8) is 0 Å². The summed E-state index contributed by atoms with van der Waals surface area (Å²) in [5.74, 6) is 0.776. The Morgan fingerprint density at radius 1 is 1.36 bits per heavy atom. The minimum Gasteiger partial charge on any atom is -0.316 e. The molecule has 14 heavy (non-hydrogen) atoms. The van der Waals surface area contributed by atoms with Crippen molar-refractivity contribution in [3.05, 3.63) is 33.8 Å². The molecular weight excluding hydrogens is 217 g/mol. The van der Waals surface area contributed by atoms with Gasteiger partial charge in [0.05, 0.1) is 10.0 Å². The fourth-order valence-electron chi connectivity index (χ4n) is 2.65. The van der Waals surface area contributed by atoms with E-state index in [1.165, 1.54) is 12.0 Å². The average molecular weight is 228 g/mol. The zero-order chi connectivity index (χ0) is 9.76. The highest BCUT2D eigenvalue weighted by Crippen LogP contribution is 2.58. The fraction of sp³-hybridized carbons (Fsp3) is 0.455. The molecule has 2 aliphatic rings. The standard InChI is InChI=1S/C11H11Cl2N/c12-9-3-1-2-8(10(9)13)11-4-7(11)5-14-6-11/h1-3,7,14H,4-6H2. The topological polar surface area (TPSA) is 12.0 Å². The van der Waals surface area contributed by atoms with E-state index in [4.69, 9.17) is 23.2 Å². The van der Waals surface area contributed by atoms with Crippen LogP contribution in [-0.2, 0) is 5.41 Å². The normalized spacial score (nSPS) is 34.3. The van der Waals surface area contributed by atoms with E-state index >= 15 is 0 Å². The second-order valence-corrected chi connectivity index (χ2v) is 5.07. The van der Waals surface area contributed by atoms with E-state index in [0.29, 0.717) is 10.4 Å². The smallest absolute Gasteiger partial charge is 0.0630 e. The number of hydrogen-bond acceptors (Lipinski definition) is 1. The van der Waals surface area contributed by atoms with E-state index in [0.717, 1.165) is 24.0 Å². The Hall–Kier alpha value is -0.240. The first-order valence-electron chi connectivity index (χ1n) is 4.89. The van der Waals surface area contributed by atoms with Gasteiger partial charge in [0.2, 0.25) is 0 Å². The van der Waals surface area contributed by atoms with Gasteiger partial charge in [-0.15, -0.1) is 0 Å². The molecule has 3 heteroatoms. The molecule has 2 unspecified atom stereocenters. The molecule has 2 atom stereocenters. The zero-order valence-electron chi connectivity index (χ0n) is 7.69. The Morgan fingerprint density at radius 2 is 2.21 bits per heavy atom. The van der Waals surface area contributed by atoms with Crippen LogP contribution >= 0.6 is 23.2 Å². The predicted octanol–water partition coefficient (Wildman–Crippen LogP) is 2.85. The zero-order valence-corrected chi connectivity index (χ0v) is 9.20. The number of rotatable bonds is 1. The van der Waals surface area contributed by atoms with Crippen LogP contribution in [0.4, 0.5) is 0 Å². The van der Waals surface area contributed by atoms with Crippen molar-refractivity contribution in [1.29, 1.82) is 0 Å². The highest BCUT2D eigenvalue weighted by molar-refractivity contribution is 6.42. The van der Waals surface area contributed by atoms with Crippen LogP contribution in [0.5, 0.6) is 0 Å². The van der Waals surface area contributed by atoms with Crippen LogP contribution in [-0.4, -0.2) is 13.1 Å². The SMILES string of the molecule is Clc1cccc(C23CNCC2C3)c1Cl. The average Bonchev–Trinajstić information content (AvgIpc) is 2.74. The molecule has 1 saturated carbocycles. The summed E-state index contributed by atoms with van der Waals surface area (Å²) in [4.78, 5) is 0. The molecule has 1 aliphatic heterocycles. The monoisotopic (exact) mass is 227 g/mol. The third kappa shape index (κ3) is 1.06. The maximum absolute atomic E-state index is 6.23. The highest BCUT2D eigenvalue weighted by Gasteiger charge is 2.58. The first kappa shape index (κ1) is 9.02. The largest absolute Gasteiger partial charge is 0.316 e. The Kier molecular flexibility index (Phi) is 1.85. The summed E-state index contributed by atoms with van der Waals surface area (Å²) in [7, 11) is 0. The van der Waals surface area contributed by atoms with Gasteiger partial charge in [0.15, 0.2) is 0 Å². The molecule has 2 fully saturated rings. The minimum absolute atomic E-state index is 0.308. The van der Waals surface area contributed by atoms with E-state index in [1.807, 2.05) is 12.1 Å². The lowest BCUT2D eigenvalue weighted by Crippen LogP contribution is -2.19. The molecule has 74 valence electrons. The summed E-state index contributed by atoms with van der Waals surface area (Å²) in [6, 6.07) is 5.96. The molecule has 0 spiro atoms. The van der Waals surface area contributed by atoms with Crippen LogP contribution in [0, 0.1) is 5.92 Å². The predicted molar refractivity (Wildman–Crippen MR) is 59.1 cm³/mol. The number of hydrogen-bond donors (Lipinski definition) is 1. The molecular formula is C11H11Cl2N. The van der Waals surface area contributed by atoms with Crippen molar-refractivity contribution in [3.8, 4) is 0 Å². The number of fused-ring (bicyclic) bond motifs is 1. The van der Waals surface area contributed by atoms with E-state index in [-0.39, 0.29) is 0 Å². The third-order valence-corrected chi connectivity index (χ3v) is 4.37. The number of halogens is 2. The lowest BCUT2D eigenvalue weighted by molar-refractivity contribution is 0.676. The van der Waals surface area contributed by atoms with Crippen LogP contribution in [0.25, 0.3) is 0 Å². The van der Waals surface area contributed by atoms with Gasteiger partial charge in [0.25, 0.3) is 0 Å². The van der Waals surface area contributed by atoms with Gasteiger partial charge in [0, 0.05) is 12.0 Å². The van der Waals surface area contributed by atoms with Crippen molar-refractivity contribution < 1.29 is 0 Å². The van der Waals surface area contributed by atoms with Crippen molar-refractivity contribution in [2.75, 3.05) is 13.1 Å². The summed E-state index contributed by atoms with van der Waals surface area (Å²) in [6.07, 6.45) is 1.26. The van der Waals surface area contributed by atoms with E-state index in [9.17, 15) is 0 Å². The molecule has 1 aliphatic carbocycles. The van der Waals surface area contributed by atoms with E-state index in [1.54, 1.807) is 0 Å². The molecule has 1 saturated heterocycles. The molecule has 1 nitrogen and oxygen atoms in total. The Balaban J connectivity index is 2.09. The lowest BCUT2D eigenvalue weighted by Gasteiger charge is -2.14.